The molecule has 164 valence electrons. The van der Waals surface area contributed by atoms with E-state index in [0.717, 1.165) is 22.3 Å². The van der Waals surface area contributed by atoms with Crippen LogP contribution in [0.5, 0.6) is 5.75 Å². The fraction of sp³-hybridized carbons (Fsp3) is 0.0741. The Bertz CT molecular complexity index is 1290. The zero-order valence-electron chi connectivity index (χ0n) is 18.2. The molecule has 0 fully saturated rings. The molecule has 3 aromatic carbocycles. The van der Waals surface area contributed by atoms with Crippen molar-refractivity contribution < 1.29 is 19.1 Å². The Labute approximate surface area is 191 Å². The van der Waals surface area contributed by atoms with Crippen LogP contribution in [0.2, 0.25) is 0 Å². The summed E-state index contributed by atoms with van der Waals surface area (Å²) in [6.45, 7) is 0. The van der Waals surface area contributed by atoms with Crippen molar-refractivity contribution in [2.24, 2.45) is 0 Å². The third-order valence-electron chi connectivity index (χ3n) is 5.19. The minimum absolute atomic E-state index is 0.189. The molecule has 6 nitrogen and oxygen atoms in total. The molecule has 0 unspecified atom stereocenters. The van der Waals surface area contributed by atoms with Crippen LogP contribution in [0.3, 0.4) is 0 Å². The highest BCUT2D eigenvalue weighted by Crippen LogP contribution is 2.35. The summed E-state index contributed by atoms with van der Waals surface area (Å²) in [6.07, 6.45) is 3.19. The minimum atomic E-state index is -0.584. The maximum Gasteiger partial charge on any atom is 0.340 e. The van der Waals surface area contributed by atoms with Crippen molar-refractivity contribution in [3.8, 4) is 28.0 Å². The van der Waals surface area contributed by atoms with E-state index in [1.807, 2.05) is 60.7 Å². The highest BCUT2D eigenvalue weighted by Gasteiger charge is 2.20. The van der Waals surface area contributed by atoms with Gasteiger partial charge in [0.25, 0.3) is 5.91 Å². The molecule has 0 spiro atoms. The van der Waals surface area contributed by atoms with Crippen LogP contribution < -0.4 is 10.1 Å². The summed E-state index contributed by atoms with van der Waals surface area (Å²) in [5.74, 6) is -0.485. The molecular weight excluding hydrogens is 416 g/mol. The van der Waals surface area contributed by atoms with Gasteiger partial charge < -0.3 is 14.8 Å². The molecule has 0 atom stereocenters. The SMILES string of the molecule is COC(=O)c1cc(OC)c(-c2ccccc2)cc1NC(=O)c1cncc(-c2ccccc2)c1. The fourth-order valence-electron chi connectivity index (χ4n) is 3.52. The van der Waals surface area contributed by atoms with Crippen molar-refractivity contribution in [1.82, 2.24) is 4.98 Å². The largest absolute Gasteiger partial charge is 0.496 e. The first-order valence-electron chi connectivity index (χ1n) is 10.3. The highest BCUT2D eigenvalue weighted by molar-refractivity contribution is 6.09. The number of amides is 1. The Morgan fingerprint density at radius 1 is 0.788 bits per heavy atom. The van der Waals surface area contributed by atoms with Crippen LogP contribution in [0.4, 0.5) is 5.69 Å². The molecular formula is C27H22N2O4. The molecule has 0 aliphatic rings. The number of carbonyl (C=O) groups excluding carboxylic acids is 2. The number of carbonyl (C=O) groups is 2. The quantitative estimate of drug-likeness (QED) is 0.404. The van der Waals surface area contributed by atoms with E-state index >= 15 is 0 Å². The van der Waals surface area contributed by atoms with Gasteiger partial charge in [0, 0.05) is 23.5 Å². The third-order valence-corrected chi connectivity index (χ3v) is 5.19. The van der Waals surface area contributed by atoms with E-state index in [9.17, 15) is 9.59 Å². The lowest BCUT2D eigenvalue weighted by Gasteiger charge is -2.16. The zero-order chi connectivity index (χ0) is 23.2. The second kappa shape index (κ2) is 9.78. The van der Waals surface area contributed by atoms with Crippen LogP contribution in [-0.4, -0.2) is 31.1 Å². The lowest BCUT2D eigenvalue weighted by Crippen LogP contribution is -2.16. The molecule has 0 aliphatic carbocycles. The second-order valence-corrected chi connectivity index (χ2v) is 7.24. The first kappa shape index (κ1) is 21.8. The molecule has 1 heterocycles. The van der Waals surface area contributed by atoms with Crippen molar-refractivity contribution in [1.29, 1.82) is 0 Å². The Morgan fingerprint density at radius 3 is 2.09 bits per heavy atom. The van der Waals surface area contributed by atoms with Gasteiger partial charge in [-0.2, -0.15) is 0 Å². The first-order chi connectivity index (χ1) is 16.1. The number of ether oxygens (including phenoxy) is 2. The van der Waals surface area contributed by atoms with Crippen molar-refractivity contribution >= 4 is 17.6 Å². The molecule has 1 amide bonds. The van der Waals surface area contributed by atoms with Crippen LogP contribution in [0.15, 0.2) is 91.3 Å². The van der Waals surface area contributed by atoms with Crippen molar-refractivity contribution in [3.05, 3.63) is 102 Å². The van der Waals surface area contributed by atoms with Gasteiger partial charge in [0.2, 0.25) is 0 Å². The maximum absolute atomic E-state index is 13.1. The smallest absolute Gasteiger partial charge is 0.340 e. The van der Waals surface area contributed by atoms with E-state index in [2.05, 4.69) is 10.3 Å². The number of hydrogen-bond acceptors (Lipinski definition) is 5. The highest BCUT2D eigenvalue weighted by atomic mass is 16.5. The van der Waals surface area contributed by atoms with E-state index in [4.69, 9.17) is 9.47 Å². The third kappa shape index (κ3) is 4.75. The van der Waals surface area contributed by atoms with E-state index in [0.29, 0.717) is 17.0 Å². The standard InChI is InChI=1S/C27H22N2O4/c1-32-25-15-23(27(31)33-2)24(14-22(25)19-11-7-4-8-12-19)29-26(30)21-13-20(16-28-17-21)18-9-5-3-6-10-18/h3-17H,1-2H3,(H,29,30). The second-order valence-electron chi connectivity index (χ2n) is 7.24. The maximum atomic E-state index is 13.1. The lowest BCUT2D eigenvalue weighted by molar-refractivity contribution is 0.0601. The summed E-state index contributed by atoms with van der Waals surface area (Å²) in [4.78, 5) is 29.8. The molecule has 0 radical (unpaired) electrons. The summed E-state index contributed by atoms with van der Waals surface area (Å²) < 4.78 is 10.4. The summed E-state index contributed by atoms with van der Waals surface area (Å²) >= 11 is 0. The number of hydrogen-bond donors (Lipinski definition) is 1. The van der Waals surface area contributed by atoms with E-state index in [1.54, 1.807) is 24.4 Å². The number of anilines is 1. The van der Waals surface area contributed by atoms with Crippen molar-refractivity contribution in [2.45, 2.75) is 0 Å². The molecule has 1 N–H and O–H groups in total. The predicted molar refractivity (Wildman–Crippen MR) is 127 cm³/mol. The molecule has 33 heavy (non-hydrogen) atoms. The van der Waals surface area contributed by atoms with E-state index in [1.165, 1.54) is 20.4 Å². The number of pyridine rings is 1. The Hall–Kier alpha value is -4.45. The normalized spacial score (nSPS) is 10.4. The van der Waals surface area contributed by atoms with Gasteiger partial charge in [0.15, 0.2) is 0 Å². The molecule has 0 saturated carbocycles. The van der Waals surface area contributed by atoms with Crippen LogP contribution in [0.25, 0.3) is 22.3 Å². The number of esters is 1. The van der Waals surface area contributed by atoms with Gasteiger partial charge in [-0.25, -0.2) is 4.79 Å². The van der Waals surface area contributed by atoms with Crippen molar-refractivity contribution in [3.63, 3.8) is 0 Å². The van der Waals surface area contributed by atoms with E-state index < -0.39 is 11.9 Å². The molecule has 4 rings (SSSR count). The summed E-state index contributed by atoms with van der Waals surface area (Å²) in [5, 5.41) is 2.85. The summed E-state index contributed by atoms with van der Waals surface area (Å²) in [5.41, 5.74) is 4.25. The molecule has 0 aliphatic heterocycles. The number of methoxy groups -OCH3 is 2. The van der Waals surface area contributed by atoms with Crippen LogP contribution in [-0.2, 0) is 4.74 Å². The number of rotatable bonds is 6. The monoisotopic (exact) mass is 438 g/mol. The molecule has 0 bridgehead atoms. The van der Waals surface area contributed by atoms with Gasteiger partial charge in [-0.1, -0.05) is 60.7 Å². The van der Waals surface area contributed by atoms with Gasteiger partial charge in [0.1, 0.15) is 5.75 Å². The van der Waals surface area contributed by atoms with Gasteiger partial charge in [-0.3, -0.25) is 9.78 Å². The minimum Gasteiger partial charge on any atom is -0.496 e. The number of nitrogens with one attached hydrogen (secondary N) is 1. The first-order valence-corrected chi connectivity index (χ1v) is 10.3. The lowest BCUT2D eigenvalue weighted by atomic mass is 10.0. The van der Waals surface area contributed by atoms with Gasteiger partial charge in [0.05, 0.1) is 31.0 Å². The van der Waals surface area contributed by atoms with Crippen molar-refractivity contribution in [2.75, 3.05) is 19.5 Å². The molecule has 0 saturated heterocycles. The Morgan fingerprint density at radius 2 is 1.45 bits per heavy atom. The van der Waals surface area contributed by atoms with Gasteiger partial charge in [-0.15, -0.1) is 0 Å². The Balaban J connectivity index is 1.74. The summed E-state index contributed by atoms with van der Waals surface area (Å²) in [6, 6.07) is 24.3. The Kier molecular flexibility index (Phi) is 6.45. The number of benzene rings is 3. The van der Waals surface area contributed by atoms with Gasteiger partial charge in [-0.05, 0) is 29.3 Å². The topological polar surface area (TPSA) is 77.5 Å². The molecule has 4 aromatic rings. The van der Waals surface area contributed by atoms with Crippen LogP contribution in [0, 0.1) is 0 Å². The number of aromatic nitrogens is 1. The van der Waals surface area contributed by atoms with Crippen LogP contribution >= 0.6 is 0 Å². The predicted octanol–water partition coefficient (Wildman–Crippen LogP) is 5.46. The molecule has 6 heteroatoms. The van der Waals surface area contributed by atoms with E-state index in [-0.39, 0.29) is 5.56 Å². The fourth-order valence-corrected chi connectivity index (χ4v) is 3.52. The average Bonchev–Trinajstić information content (AvgIpc) is 2.89. The van der Waals surface area contributed by atoms with Gasteiger partial charge >= 0.3 is 5.97 Å². The number of nitrogens with zero attached hydrogens (tertiary/aromatic N) is 1. The van der Waals surface area contributed by atoms with Crippen LogP contribution in [0.1, 0.15) is 20.7 Å². The zero-order valence-corrected chi connectivity index (χ0v) is 18.2. The molecule has 1 aromatic heterocycles. The average molecular weight is 438 g/mol. The summed E-state index contributed by atoms with van der Waals surface area (Å²) in [7, 11) is 2.82.